The zero-order chi connectivity index (χ0) is 16.9. The summed E-state index contributed by atoms with van der Waals surface area (Å²) >= 11 is 1.31. The van der Waals surface area contributed by atoms with Gasteiger partial charge in [0.1, 0.15) is 0 Å². The fourth-order valence-corrected chi connectivity index (χ4v) is 2.65. The van der Waals surface area contributed by atoms with Gasteiger partial charge in [-0.2, -0.15) is 0 Å². The second kappa shape index (κ2) is 23.3. The van der Waals surface area contributed by atoms with Crippen molar-refractivity contribution in [1.82, 2.24) is 0 Å². The van der Waals surface area contributed by atoms with Crippen LogP contribution < -0.4 is 0 Å². The van der Waals surface area contributed by atoms with Gasteiger partial charge < -0.3 is 5.11 Å². The maximum atomic E-state index is 10.3. The molecule has 0 fully saturated rings. The second-order valence-corrected chi connectivity index (χ2v) is 6.09. The highest BCUT2D eigenvalue weighted by molar-refractivity contribution is 6.05. The number of carbonyl (C=O) groups is 1. The van der Waals surface area contributed by atoms with Crippen LogP contribution in [0.1, 0.15) is 110 Å². The normalized spacial score (nSPS) is 10.1. The first-order chi connectivity index (χ1) is 10.8. The van der Waals surface area contributed by atoms with Crippen molar-refractivity contribution in [2.75, 3.05) is 0 Å². The molecule has 132 valence electrons. The summed E-state index contributed by atoms with van der Waals surface area (Å²) in [6, 6.07) is 0. The smallest absolute Gasteiger partial charge is 0.303 e. The molecule has 0 unspecified atom stereocenters. The van der Waals surface area contributed by atoms with Crippen LogP contribution in [0.2, 0.25) is 5.79 Å². The molecule has 0 atom stereocenters. The topological polar surface area (TPSA) is 37.3 Å². The molecule has 0 aromatic rings. The average molecular weight is 329 g/mol. The third-order valence-corrected chi connectivity index (χ3v) is 3.99. The van der Waals surface area contributed by atoms with Crippen LogP contribution in [0.4, 0.5) is 0 Å². The molecule has 0 aromatic carbocycles. The summed E-state index contributed by atoms with van der Waals surface area (Å²) in [6.07, 6.45) is 20.2. The SMILES string of the molecule is CCCCCCCCCCCCCCCCCC(=O)O.[CH3][AlH2]. The molecule has 0 radical (unpaired) electrons. The molecule has 0 bridgehead atoms. The van der Waals surface area contributed by atoms with Gasteiger partial charge in [-0.1, -0.05) is 96.8 Å². The van der Waals surface area contributed by atoms with Crippen molar-refractivity contribution in [3.63, 3.8) is 0 Å². The van der Waals surface area contributed by atoms with Gasteiger partial charge in [0.05, 0.1) is 0 Å². The molecule has 1 N–H and O–H groups in total. The van der Waals surface area contributed by atoms with Crippen molar-refractivity contribution in [2.45, 2.75) is 115 Å². The number of aliphatic carboxylic acids is 1. The molecule has 0 amide bonds. The molecule has 0 aromatic heterocycles. The fraction of sp³-hybridized carbons (Fsp3) is 0.947. The second-order valence-electron chi connectivity index (χ2n) is 6.09. The molecule has 0 aliphatic carbocycles. The lowest BCUT2D eigenvalue weighted by molar-refractivity contribution is -0.137. The Bertz CT molecular complexity index is 208. The van der Waals surface area contributed by atoms with Gasteiger partial charge in [0, 0.05) is 6.42 Å². The Morgan fingerprint density at radius 2 is 0.909 bits per heavy atom. The largest absolute Gasteiger partial charge is 0.481 e. The predicted molar refractivity (Wildman–Crippen MR) is 102 cm³/mol. The molecule has 3 heteroatoms. The molecule has 22 heavy (non-hydrogen) atoms. The third-order valence-electron chi connectivity index (χ3n) is 3.99. The lowest BCUT2D eigenvalue weighted by Crippen LogP contribution is -1.93. The fourth-order valence-electron chi connectivity index (χ4n) is 2.65. The Morgan fingerprint density at radius 1 is 0.636 bits per heavy atom. The van der Waals surface area contributed by atoms with Gasteiger partial charge in [0.25, 0.3) is 0 Å². The monoisotopic (exact) mass is 328 g/mol. The molecule has 0 saturated carbocycles. The van der Waals surface area contributed by atoms with E-state index in [4.69, 9.17) is 5.11 Å². The minimum Gasteiger partial charge on any atom is -0.481 e. The number of hydrogen-bond donors (Lipinski definition) is 1. The molecular weight excluding hydrogens is 287 g/mol. The van der Waals surface area contributed by atoms with E-state index in [0.29, 0.717) is 6.42 Å². The van der Waals surface area contributed by atoms with Crippen LogP contribution in [0.3, 0.4) is 0 Å². The van der Waals surface area contributed by atoms with Crippen LogP contribution in [0, 0.1) is 0 Å². The van der Waals surface area contributed by atoms with Crippen molar-refractivity contribution in [3.05, 3.63) is 0 Å². The predicted octanol–water partition coefficient (Wildman–Crippen LogP) is 6.00. The van der Waals surface area contributed by atoms with Gasteiger partial charge >= 0.3 is 5.97 Å². The van der Waals surface area contributed by atoms with E-state index in [0.717, 1.165) is 12.8 Å². The number of carboxylic acids is 1. The van der Waals surface area contributed by atoms with Crippen molar-refractivity contribution in [2.24, 2.45) is 0 Å². The summed E-state index contributed by atoms with van der Waals surface area (Å²) in [5, 5.41) is 8.52. The van der Waals surface area contributed by atoms with Crippen LogP contribution >= 0.6 is 0 Å². The van der Waals surface area contributed by atoms with Gasteiger partial charge in [-0.05, 0) is 6.42 Å². The molecule has 2 nitrogen and oxygen atoms in total. The summed E-state index contributed by atoms with van der Waals surface area (Å²) in [7, 11) is 0. The van der Waals surface area contributed by atoms with Crippen molar-refractivity contribution in [1.29, 1.82) is 0 Å². The molecular formula is C19H41AlO2. The highest BCUT2D eigenvalue weighted by Crippen LogP contribution is 2.13. The first-order valence-electron chi connectivity index (χ1n) is 9.99. The van der Waals surface area contributed by atoms with Gasteiger partial charge in [0.15, 0.2) is 0 Å². The van der Waals surface area contributed by atoms with Gasteiger partial charge in [-0.25, -0.2) is 0 Å². The Balaban J connectivity index is 0. The Morgan fingerprint density at radius 3 is 1.18 bits per heavy atom. The summed E-state index contributed by atoms with van der Waals surface area (Å²) in [5.74, 6) is 1.49. The highest BCUT2D eigenvalue weighted by Gasteiger charge is 1.97. The summed E-state index contributed by atoms with van der Waals surface area (Å²) in [4.78, 5) is 10.3. The van der Waals surface area contributed by atoms with E-state index >= 15 is 0 Å². The lowest BCUT2D eigenvalue weighted by Gasteiger charge is -2.03. The van der Waals surface area contributed by atoms with Crippen LogP contribution in [0.5, 0.6) is 0 Å². The first kappa shape index (κ1) is 24.3. The quantitative estimate of drug-likeness (QED) is 0.279. The standard InChI is InChI=1S/C18H36O2.CH3.Al.2H/c1-2-3-4-5-6-7-8-9-10-11-12-13-14-15-16-17-18(19)20;;;;/h2-17H2,1H3,(H,19,20);1H3;;;. The third kappa shape index (κ3) is 25.0. The molecule has 0 aliphatic rings. The number of unbranched alkanes of at least 4 members (excludes halogenated alkanes) is 14. The maximum Gasteiger partial charge on any atom is 0.303 e. The molecule has 0 rings (SSSR count). The first-order valence-corrected chi connectivity index (χ1v) is 12.0. The van der Waals surface area contributed by atoms with Crippen LogP contribution in [-0.2, 0) is 4.79 Å². The minimum atomic E-state index is -0.653. The van der Waals surface area contributed by atoms with E-state index in [1.807, 2.05) is 0 Å². The van der Waals surface area contributed by atoms with Crippen molar-refractivity contribution >= 4 is 22.3 Å². The van der Waals surface area contributed by atoms with Crippen molar-refractivity contribution < 1.29 is 9.90 Å². The average Bonchev–Trinajstić information content (AvgIpc) is 2.53. The maximum absolute atomic E-state index is 10.3. The van der Waals surface area contributed by atoms with Gasteiger partial charge in [0.2, 0.25) is 16.3 Å². The zero-order valence-electron chi connectivity index (χ0n) is 15.7. The summed E-state index contributed by atoms with van der Waals surface area (Å²) < 4.78 is 0. The Kier molecular flexibility index (Phi) is 25.7. The van der Waals surface area contributed by atoms with Gasteiger partial charge in [-0.3, -0.25) is 4.79 Å². The van der Waals surface area contributed by atoms with E-state index in [-0.39, 0.29) is 0 Å². The van der Waals surface area contributed by atoms with E-state index in [2.05, 4.69) is 12.7 Å². The van der Waals surface area contributed by atoms with Crippen LogP contribution in [0.15, 0.2) is 0 Å². The number of hydrogen-bond acceptors (Lipinski definition) is 1. The van der Waals surface area contributed by atoms with E-state index < -0.39 is 5.97 Å². The van der Waals surface area contributed by atoms with E-state index in [1.54, 1.807) is 0 Å². The summed E-state index contributed by atoms with van der Waals surface area (Å²) in [6.45, 7) is 2.27. The molecule has 0 saturated heterocycles. The minimum absolute atomic E-state index is 0.345. The molecule has 0 spiro atoms. The Labute approximate surface area is 147 Å². The van der Waals surface area contributed by atoms with Crippen molar-refractivity contribution in [3.8, 4) is 0 Å². The lowest BCUT2D eigenvalue weighted by atomic mass is 10.0. The Hall–Kier alpha value is 0.00247. The van der Waals surface area contributed by atoms with Gasteiger partial charge in [-0.15, -0.1) is 5.79 Å². The highest BCUT2D eigenvalue weighted by atomic mass is 27.0. The van der Waals surface area contributed by atoms with E-state index in [9.17, 15) is 4.79 Å². The number of carboxylic acid groups (broad SMARTS) is 1. The molecule has 0 aliphatic heterocycles. The number of rotatable bonds is 16. The van der Waals surface area contributed by atoms with Crippen LogP contribution in [0.25, 0.3) is 0 Å². The van der Waals surface area contributed by atoms with Crippen LogP contribution in [-0.4, -0.2) is 27.4 Å². The van der Waals surface area contributed by atoms with E-state index in [1.165, 1.54) is 99.8 Å². The summed E-state index contributed by atoms with van der Waals surface area (Å²) in [5.41, 5.74) is 0. The zero-order valence-corrected chi connectivity index (χ0v) is 17.7. The molecule has 0 heterocycles.